The van der Waals surface area contributed by atoms with Crippen LogP contribution in [0.4, 0.5) is 0 Å². The SMILES string of the molecule is CC(=O)N1CCN(C(=O)CSc2nnc(-c3ccco3)n2C2CCCCC2)CC1. The summed E-state index contributed by atoms with van der Waals surface area (Å²) in [4.78, 5) is 27.8. The minimum Gasteiger partial charge on any atom is -0.461 e. The van der Waals surface area contributed by atoms with Crippen molar-refractivity contribution in [3.05, 3.63) is 18.4 Å². The van der Waals surface area contributed by atoms with Crippen LogP contribution in [0.1, 0.15) is 45.1 Å². The first-order chi connectivity index (χ1) is 14.1. The molecule has 0 N–H and O–H groups in total. The minimum atomic E-state index is 0.0671. The molecule has 1 aliphatic carbocycles. The fourth-order valence-electron chi connectivity index (χ4n) is 4.11. The van der Waals surface area contributed by atoms with E-state index in [1.807, 2.05) is 17.0 Å². The Morgan fingerprint density at radius 2 is 1.83 bits per heavy atom. The number of amides is 2. The average molecular weight is 418 g/mol. The number of carbonyl (C=O) groups excluding carboxylic acids is 2. The van der Waals surface area contributed by atoms with Crippen LogP contribution in [0.3, 0.4) is 0 Å². The Bertz CT molecular complexity index is 836. The first-order valence-corrected chi connectivity index (χ1v) is 11.3. The molecule has 3 heterocycles. The van der Waals surface area contributed by atoms with Crippen LogP contribution in [-0.2, 0) is 9.59 Å². The maximum absolute atomic E-state index is 12.7. The second-order valence-electron chi connectivity index (χ2n) is 7.62. The molecular formula is C20H27N5O3S. The normalized spacial score (nSPS) is 18.2. The molecule has 2 aromatic heterocycles. The van der Waals surface area contributed by atoms with Gasteiger partial charge < -0.3 is 14.2 Å². The monoisotopic (exact) mass is 417 g/mol. The van der Waals surface area contributed by atoms with Gasteiger partial charge in [-0.15, -0.1) is 10.2 Å². The third-order valence-corrected chi connectivity index (χ3v) is 6.68. The summed E-state index contributed by atoms with van der Waals surface area (Å²) in [5.41, 5.74) is 0. The zero-order chi connectivity index (χ0) is 20.2. The first kappa shape index (κ1) is 20.0. The fraction of sp³-hybridized carbons (Fsp3) is 0.600. The van der Waals surface area contributed by atoms with Crippen LogP contribution in [-0.4, -0.2) is 68.3 Å². The average Bonchev–Trinajstić information content (AvgIpc) is 3.42. The molecule has 8 nitrogen and oxygen atoms in total. The molecule has 0 aromatic carbocycles. The summed E-state index contributed by atoms with van der Waals surface area (Å²) >= 11 is 1.44. The molecule has 0 unspecified atom stereocenters. The summed E-state index contributed by atoms with van der Waals surface area (Å²) in [6, 6.07) is 4.10. The summed E-state index contributed by atoms with van der Waals surface area (Å²) < 4.78 is 7.74. The maximum Gasteiger partial charge on any atom is 0.233 e. The van der Waals surface area contributed by atoms with Gasteiger partial charge in [0.15, 0.2) is 10.9 Å². The summed E-state index contributed by atoms with van der Waals surface area (Å²) in [5.74, 6) is 1.92. The molecule has 2 fully saturated rings. The van der Waals surface area contributed by atoms with Gasteiger partial charge in [-0.25, -0.2) is 0 Å². The van der Waals surface area contributed by atoms with E-state index in [9.17, 15) is 9.59 Å². The van der Waals surface area contributed by atoms with Crippen molar-refractivity contribution in [3.63, 3.8) is 0 Å². The van der Waals surface area contributed by atoms with E-state index in [0.29, 0.717) is 43.7 Å². The van der Waals surface area contributed by atoms with E-state index < -0.39 is 0 Å². The number of furan rings is 1. The van der Waals surface area contributed by atoms with E-state index in [4.69, 9.17) is 4.42 Å². The maximum atomic E-state index is 12.7. The summed E-state index contributed by atoms with van der Waals surface area (Å²) in [6.45, 7) is 3.96. The molecule has 2 aromatic rings. The highest BCUT2D eigenvalue weighted by atomic mass is 32.2. The number of hydrogen-bond donors (Lipinski definition) is 0. The van der Waals surface area contributed by atoms with Gasteiger partial charge in [-0.05, 0) is 25.0 Å². The molecule has 0 spiro atoms. The van der Waals surface area contributed by atoms with Crippen molar-refractivity contribution in [3.8, 4) is 11.6 Å². The number of carbonyl (C=O) groups is 2. The number of hydrogen-bond acceptors (Lipinski definition) is 6. The number of thioether (sulfide) groups is 1. The molecule has 4 rings (SSSR count). The van der Waals surface area contributed by atoms with Gasteiger partial charge in [0.1, 0.15) is 0 Å². The smallest absolute Gasteiger partial charge is 0.233 e. The van der Waals surface area contributed by atoms with E-state index >= 15 is 0 Å². The molecule has 29 heavy (non-hydrogen) atoms. The molecule has 0 bridgehead atoms. The van der Waals surface area contributed by atoms with Gasteiger partial charge in [0.05, 0.1) is 12.0 Å². The molecule has 9 heteroatoms. The fourth-order valence-corrected chi connectivity index (χ4v) is 5.01. The van der Waals surface area contributed by atoms with E-state index in [0.717, 1.165) is 23.8 Å². The molecule has 1 saturated carbocycles. The Balaban J connectivity index is 1.44. The second-order valence-corrected chi connectivity index (χ2v) is 8.56. The van der Waals surface area contributed by atoms with Crippen LogP contribution in [0, 0.1) is 0 Å². The Hall–Kier alpha value is -2.29. The Morgan fingerprint density at radius 1 is 1.10 bits per heavy atom. The number of aromatic nitrogens is 3. The lowest BCUT2D eigenvalue weighted by Gasteiger charge is -2.34. The third kappa shape index (κ3) is 4.49. The number of rotatable bonds is 5. The van der Waals surface area contributed by atoms with E-state index in [1.54, 1.807) is 18.1 Å². The van der Waals surface area contributed by atoms with Crippen molar-refractivity contribution >= 4 is 23.6 Å². The van der Waals surface area contributed by atoms with Crippen molar-refractivity contribution in [2.24, 2.45) is 0 Å². The molecule has 1 saturated heterocycles. The third-order valence-electron chi connectivity index (χ3n) is 5.75. The van der Waals surface area contributed by atoms with Crippen LogP contribution < -0.4 is 0 Å². The van der Waals surface area contributed by atoms with Gasteiger partial charge in [0, 0.05) is 39.1 Å². The standard InChI is InChI=1S/C20H27N5O3S/c1-15(26)23-9-11-24(12-10-23)18(27)14-29-20-22-21-19(17-8-5-13-28-17)25(20)16-6-3-2-4-7-16/h5,8,13,16H,2-4,6-7,9-12,14H2,1H3. The van der Waals surface area contributed by atoms with Crippen LogP contribution in [0.5, 0.6) is 0 Å². The molecule has 2 amide bonds. The summed E-state index contributed by atoms with van der Waals surface area (Å²) in [6.07, 6.45) is 7.50. The second kappa shape index (κ2) is 9.02. The zero-order valence-electron chi connectivity index (χ0n) is 16.7. The van der Waals surface area contributed by atoms with Gasteiger partial charge in [0.25, 0.3) is 0 Å². The Morgan fingerprint density at radius 3 is 2.48 bits per heavy atom. The van der Waals surface area contributed by atoms with Gasteiger partial charge in [-0.2, -0.15) is 0 Å². The lowest BCUT2D eigenvalue weighted by molar-refractivity contribution is -0.136. The highest BCUT2D eigenvalue weighted by Crippen LogP contribution is 2.35. The van der Waals surface area contributed by atoms with Crippen LogP contribution in [0.2, 0.25) is 0 Å². The minimum absolute atomic E-state index is 0.0671. The molecule has 156 valence electrons. The molecule has 1 aliphatic heterocycles. The lowest BCUT2D eigenvalue weighted by atomic mass is 9.95. The molecule has 0 radical (unpaired) electrons. The van der Waals surface area contributed by atoms with Crippen LogP contribution in [0.15, 0.2) is 28.0 Å². The first-order valence-electron chi connectivity index (χ1n) is 10.3. The van der Waals surface area contributed by atoms with Crippen molar-refractivity contribution in [1.29, 1.82) is 0 Å². The van der Waals surface area contributed by atoms with Gasteiger partial charge in [-0.1, -0.05) is 31.0 Å². The van der Waals surface area contributed by atoms with Gasteiger partial charge in [-0.3, -0.25) is 14.2 Å². The number of piperazine rings is 1. The van der Waals surface area contributed by atoms with E-state index in [-0.39, 0.29) is 11.8 Å². The van der Waals surface area contributed by atoms with Crippen molar-refractivity contribution < 1.29 is 14.0 Å². The molecular weight excluding hydrogens is 390 g/mol. The predicted octanol–water partition coefficient (Wildman–Crippen LogP) is 2.83. The zero-order valence-corrected chi connectivity index (χ0v) is 17.6. The molecule has 2 aliphatic rings. The van der Waals surface area contributed by atoms with Crippen LogP contribution >= 0.6 is 11.8 Å². The largest absolute Gasteiger partial charge is 0.461 e. The van der Waals surface area contributed by atoms with Crippen LogP contribution in [0.25, 0.3) is 11.6 Å². The highest BCUT2D eigenvalue weighted by molar-refractivity contribution is 7.99. The topological polar surface area (TPSA) is 84.5 Å². The quantitative estimate of drug-likeness (QED) is 0.696. The summed E-state index contributed by atoms with van der Waals surface area (Å²) in [7, 11) is 0. The van der Waals surface area contributed by atoms with Gasteiger partial charge in [0.2, 0.25) is 17.6 Å². The highest BCUT2D eigenvalue weighted by Gasteiger charge is 2.27. The Kier molecular flexibility index (Phi) is 6.22. The van der Waals surface area contributed by atoms with Crippen molar-refractivity contribution in [1.82, 2.24) is 24.6 Å². The predicted molar refractivity (Wildman–Crippen MR) is 109 cm³/mol. The Labute approximate surface area is 174 Å². The van der Waals surface area contributed by atoms with Crippen molar-refractivity contribution in [2.45, 2.75) is 50.2 Å². The van der Waals surface area contributed by atoms with E-state index in [1.165, 1.54) is 31.0 Å². The summed E-state index contributed by atoms with van der Waals surface area (Å²) in [5, 5.41) is 9.55. The van der Waals surface area contributed by atoms with Crippen molar-refractivity contribution in [2.75, 3.05) is 31.9 Å². The van der Waals surface area contributed by atoms with E-state index in [2.05, 4.69) is 14.8 Å². The number of nitrogens with zero attached hydrogens (tertiary/aromatic N) is 5. The molecule has 0 atom stereocenters. The lowest BCUT2D eigenvalue weighted by Crippen LogP contribution is -2.50. The van der Waals surface area contributed by atoms with Gasteiger partial charge >= 0.3 is 0 Å².